The van der Waals surface area contributed by atoms with E-state index in [-0.39, 0.29) is 29.9 Å². The molecule has 124 valence electrons. The minimum absolute atomic E-state index is 0.00732. The van der Waals surface area contributed by atoms with Crippen molar-refractivity contribution in [2.24, 2.45) is 0 Å². The Morgan fingerprint density at radius 2 is 2.00 bits per heavy atom. The summed E-state index contributed by atoms with van der Waals surface area (Å²) in [6.45, 7) is 0. The highest BCUT2D eigenvalue weighted by molar-refractivity contribution is 9.10. The summed E-state index contributed by atoms with van der Waals surface area (Å²) in [4.78, 5) is 11.3. The summed E-state index contributed by atoms with van der Waals surface area (Å²) in [5.74, 6) is -1.92. The molecule has 0 saturated heterocycles. The van der Waals surface area contributed by atoms with Crippen LogP contribution in [0.25, 0.3) is 0 Å². The molecule has 2 aromatic rings. The van der Waals surface area contributed by atoms with Gasteiger partial charge in [-0.25, -0.2) is 8.78 Å². The zero-order valence-corrected chi connectivity index (χ0v) is 14.2. The molecule has 24 heavy (non-hydrogen) atoms. The van der Waals surface area contributed by atoms with Crippen LogP contribution in [-0.2, 0) is 16.0 Å². The van der Waals surface area contributed by atoms with Gasteiger partial charge in [0.1, 0.15) is 11.6 Å². The third kappa shape index (κ3) is 4.52. The summed E-state index contributed by atoms with van der Waals surface area (Å²) in [7, 11) is 1.26. The fourth-order valence-electron chi connectivity index (χ4n) is 2.06. The number of benzene rings is 2. The fraction of sp³-hybridized carbons (Fsp3) is 0.176. The van der Waals surface area contributed by atoms with Crippen LogP contribution in [0.15, 0.2) is 34.8 Å². The van der Waals surface area contributed by atoms with Crippen molar-refractivity contribution in [1.29, 1.82) is 5.26 Å². The molecule has 0 radical (unpaired) electrons. The summed E-state index contributed by atoms with van der Waals surface area (Å²) in [6, 6.07) is 7.99. The SMILES string of the molecule is COC(=O)CCc1cc(Br)cc(F)c1Oc1cc(F)cc(C#N)c1. The van der Waals surface area contributed by atoms with Crippen LogP contribution in [0.5, 0.6) is 11.5 Å². The van der Waals surface area contributed by atoms with Crippen molar-refractivity contribution >= 4 is 21.9 Å². The lowest BCUT2D eigenvalue weighted by molar-refractivity contribution is -0.140. The van der Waals surface area contributed by atoms with Crippen LogP contribution >= 0.6 is 15.9 Å². The molecule has 4 nitrogen and oxygen atoms in total. The van der Waals surface area contributed by atoms with E-state index in [1.807, 2.05) is 0 Å². The maximum atomic E-state index is 14.3. The molecule has 0 saturated carbocycles. The average Bonchev–Trinajstić information content (AvgIpc) is 2.54. The van der Waals surface area contributed by atoms with Crippen molar-refractivity contribution in [3.8, 4) is 17.6 Å². The van der Waals surface area contributed by atoms with Crippen molar-refractivity contribution in [3.63, 3.8) is 0 Å². The Bertz CT molecular complexity index is 818. The normalized spacial score (nSPS) is 10.1. The smallest absolute Gasteiger partial charge is 0.305 e. The molecule has 2 aromatic carbocycles. The predicted molar refractivity (Wildman–Crippen MR) is 85.6 cm³/mol. The summed E-state index contributed by atoms with van der Waals surface area (Å²) in [5, 5.41) is 8.87. The van der Waals surface area contributed by atoms with Crippen LogP contribution in [-0.4, -0.2) is 13.1 Å². The topological polar surface area (TPSA) is 59.3 Å². The zero-order chi connectivity index (χ0) is 17.7. The molecule has 0 spiro atoms. The largest absolute Gasteiger partial charge is 0.469 e. The Kier molecular flexibility index (Phi) is 5.88. The molecule has 0 unspecified atom stereocenters. The Labute approximate surface area is 145 Å². The Morgan fingerprint density at radius 1 is 1.25 bits per heavy atom. The number of ether oxygens (including phenoxy) is 2. The first-order chi connectivity index (χ1) is 11.4. The molecule has 0 amide bonds. The maximum absolute atomic E-state index is 14.3. The van der Waals surface area contributed by atoms with Crippen molar-refractivity contribution in [3.05, 3.63) is 57.6 Å². The number of methoxy groups -OCH3 is 1. The lowest BCUT2D eigenvalue weighted by atomic mass is 10.1. The summed E-state index contributed by atoms with van der Waals surface area (Å²) in [5.41, 5.74) is 0.466. The standard InChI is InChI=1S/C17H12BrF2NO3/c1-23-16(22)3-2-11-6-12(18)7-15(20)17(11)24-14-5-10(9-21)4-13(19)8-14/h4-8H,2-3H2,1H3. The zero-order valence-electron chi connectivity index (χ0n) is 12.6. The molecular weight excluding hydrogens is 384 g/mol. The van der Waals surface area contributed by atoms with Gasteiger partial charge in [0, 0.05) is 17.0 Å². The summed E-state index contributed by atoms with van der Waals surface area (Å²) >= 11 is 3.18. The van der Waals surface area contributed by atoms with Crippen LogP contribution in [0.1, 0.15) is 17.5 Å². The lowest BCUT2D eigenvalue weighted by Gasteiger charge is -2.13. The minimum atomic E-state index is -0.674. The van der Waals surface area contributed by atoms with Crippen LogP contribution < -0.4 is 4.74 Å². The van der Waals surface area contributed by atoms with Crippen molar-refractivity contribution in [2.75, 3.05) is 7.11 Å². The van der Waals surface area contributed by atoms with Crippen LogP contribution in [0.2, 0.25) is 0 Å². The van der Waals surface area contributed by atoms with E-state index in [1.165, 1.54) is 19.2 Å². The molecule has 0 bridgehead atoms. The molecule has 0 aromatic heterocycles. The number of esters is 1. The Balaban J connectivity index is 2.37. The number of nitrogens with zero attached hydrogens (tertiary/aromatic N) is 1. The first-order valence-corrected chi connectivity index (χ1v) is 7.65. The highest BCUT2D eigenvalue weighted by Crippen LogP contribution is 2.33. The minimum Gasteiger partial charge on any atom is -0.469 e. The molecule has 0 atom stereocenters. The van der Waals surface area contributed by atoms with Gasteiger partial charge in [-0.05, 0) is 36.2 Å². The number of carbonyl (C=O) groups is 1. The van der Waals surface area contributed by atoms with E-state index in [9.17, 15) is 13.6 Å². The second-order valence-electron chi connectivity index (χ2n) is 4.84. The highest BCUT2D eigenvalue weighted by atomic mass is 79.9. The molecule has 0 heterocycles. The molecule has 2 rings (SSSR count). The van der Waals surface area contributed by atoms with Gasteiger partial charge < -0.3 is 9.47 Å². The molecule has 0 fully saturated rings. The number of nitriles is 1. The van der Waals surface area contributed by atoms with Crippen molar-refractivity contribution in [2.45, 2.75) is 12.8 Å². The molecule has 0 aliphatic rings. The van der Waals surface area contributed by atoms with E-state index in [0.717, 1.165) is 12.1 Å². The third-order valence-electron chi connectivity index (χ3n) is 3.13. The van der Waals surface area contributed by atoms with Gasteiger partial charge in [0.2, 0.25) is 0 Å². The van der Waals surface area contributed by atoms with Gasteiger partial charge in [-0.3, -0.25) is 4.79 Å². The van der Waals surface area contributed by atoms with Crippen LogP contribution in [0.4, 0.5) is 8.78 Å². The van der Waals surface area contributed by atoms with Crippen molar-refractivity contribution < 1.29 is 23.0 Å². The predicted octanol–water partition coefficient (Wildman–Crippen LogP) is 4.50. The lowest BCUT2D eigenvalue weighted by Crippen LogP contribution is -2.04. The monoisotopic (exact) mass is 395 g/mol. The average molecular weight is 396 g/mol. The molecule has 0 aliphatic heterocycles. The van der Waals surface area contributed by atoms with E-state index in [2.05, 4.69) is 20.7 Å². The van der Waals surface area contributed by atoms with E-state index in [0.29, 0.717) is 10.0 Å². The number of rotatable bonds is 5. The second kappa shape index (κ2) is 7.88. The molecule has 7 heteroatoms. The van der Waals surface area contributed by atoms with Crippen LogP contribution in [0.3, 0.4) is 0 Å². The van der Waals surface area contributed by atoms with Gasteiger partial charge >= 0.3 is 5.97 Å². The molecular formula is C17H12BrF2NO3. The van der Waals surface area contributed by atoms with E-state index in [1.54, 1.807) is 12.1 Å². The van der Waals surface area contributed by atoms with Gasteiger partial charge in [-0.2, -0.15) is 5.26 Å². The van der Waals surface area contributed by atoms with Crippen molar-refractivity contribution in [1.82, 2.24) is 0 Å². The summed E-state index contributed by atoms with van der Waals surface area (Å²) in [6.07, 6.45) is 0.216. The highest BCUT2D eigenvalue weighted by Gasteiger charge is 2.15. The quantitative estimate of drug-likeness (QED) is 0.699. The van der Waals surface area contributed by atoms with Gasteiger partial charge in [-0.15, -0.1) is 0 Å². The molecule has 0 N–H and O–H groups in total. The van der Waals surface area contributed by atoms with E-state index in [4.69, 9.17) is 10.00 Å². The van der Waals surface area contributed by atoms with Crippen LogP contribution in [0, 0.1) is 23.0 Å². The van der Waals surface area contributed by atoms with Gasteiger partial charge in [0.05, 0.1) is 18.7 Å². The van der Waals surface area contributed by atoms with E-state index >= 15 is 0 Å². The first kappa shape index (κ1) is 17.9. The van der Waals surface area contributed by atoms with Gasteiger partial charge in [0.25, 0.3) is 0 Å². The molecule has 0 aliphatic carbocycles. The maximum Gasteiger partial charge on any atom is 0.305 e. The number of halogens is 3. The second-order valence-corrected chi connectivity index (χ2v) is 5.76. The number of hydrogen-bond acceptors (Lipinski definition) is 4. The third-order valence-corrected chi connectivity index (χ3v) is 3.59. The first-order valence-electron chi connectivity index (χ1n) is 6.86. The number of carbonyl (C=O) groups excluding carboxylic acids is 1. The summed E-state index contributed by atoms with van der Waals surface area (Å²) < 4.78 is 38.2. The number of hydrogen-bond donors (Lipinski definition) is 0. The van der Waals surface area contributed by atoms with Gasteiger partial charge in [-0.1, -0.05) is 15.9 Å². The van der Waals surface area contributed by atoms with E-state index < -0.39 is 17.6 Å². The Hall–Kier alpha value is -2.46. The fourth-order valence-corrected chi connectivity index (χ4v) is 2.53. The Morgan fingerprint density at radius 3 is 2.67 bits per heavy atom. The van der Waals surface area contributed by atoms with Gasteiger partial charge in [0.15, 0.2) is 11.6 Å². The number of aryl methyl sites for hydroxylation is 1.